The first-order valence-electron chi connectivity index (χ1n) is 8.54. The van der Waals surface area contributed by atoms with Crippen molar-refractivity contribution in [3.8, 4) is 0 Å². The number of benzene rings is 1. The van der Waals surface area contributed by atoms with Crippen molar-refractivity contribution in [3.63, 3.8) is 0 Å². The second kappa shape index (κ2) is 9.63. The molecule has 1 unspecified atom stereocenters. The van der Waals surface area contributed by atoms with Gasteiger partial charge in [-0.25, -0.2) is 0 Å². The maximum atomic E-state index is 12.1. The largest absolute Gasteiger partial charge is 0.384 e. The van der Waals surface area contributed by atoms with Crippen molar-refractivity contribution < 1.29 is 9.53 Å². The molecule has 25 heavy (non-hydrogen) atoms. The molecule has 1 aromatic carbocycles. The fraction of sp³-hybridized carbons (Fsp3) is 0.556. The number of likely N-dealkylation sites (tertiary alicyclic amines) is 1. The Bertz CT molecular complexity index is 621. The van der Waals surface area contributed by atoms with Gasteiger partial charge in [0.1, 0.15) is 0 Å². The van der Waals surface area contributed by atoms with Crippen LogP contribution in [0.3, 0.4) is 0 Å². The fourth-order valence-corrected chi connectivity index (χ4v) is 3.23. The molecule has 1 aliphatic heterocycles. The molecular formula is C18H27ClN4O2. The average Bonchev–Trinajstić information content (AvgIpc) is 3.03. The van der Waals surface area contributed by atoms with Crippen molar-refractivity contribution in [2.75, 3.05) is 45.7 Å². The topological polar surface area (TPSA) is 66.0 Å². The molecule has 1 atom stereocenters. The third-order valence-corrected chi connectivity index (χ3v) is 4.55. The van der Waals surface area contributed by atoms with Gasteiger partial charge in [-0.2, -0.15) is 0 Å². The number of nitrogens with one attached hydrogen (secondary N) is 2. The molecule has 0 radical (unpaired) electrons. The number of aliphatic imine (C=N–C) groups is 1. The third-order valence-electron chi connectivity index (χ3n) is 4.23. The summed E-state index contributed by atoms with van der Waals surface area (Å²) in [5.41, 5.74) is 1.70. The summed E-state index contributed by atoms with van der Waals surface area (Å²) in [5.74, 6) is 1.29. The highest BCUT2D eigenvalue weighted by Gasteiger charge is 2.24. The molecule has 7 heteroatoms. The van der Waals surface area contributed by atoms with Gasteiger partial charge in [-0.1, -0.05) is 17.7 Å². The molecule has 2 N–H and O–H groups in total. The third kappa shape index (κ3) is 5.90. The molecule has 138 valence electrons. The minimum absolute atomic E-state index is 0.0765. The molecule has 0 aromatic heterocycles. The highest BCUT2D eigenvalue weighted by Crippen LogP contribution is 2.22. The molecule has 0 bridgehead atoms. The number of amides is 1. The number of nitrogens with zero attached hydrogens (tertiary/aromatic N) is 2. The number of anilines is 1. The molecule has 0 spiro atoms. The van der Waals surface area contributed by atoms with Crippen molar-refractivity contribution in [3.05, 3.63) is 28.8 Å². The summed E-state index contributed by atoms with van der Waals surface area (Å²) < 4.78 is 5.22. The van der Waals surface area contributed by atoms with Gasteiger partial charge >= 0.3 is 0 Å². The van der Waals surface area contributed by atoms with E-state index in [2.05, 4.69) is 20.5 Å². The number of carbonyl (C=O) groups is 1. The number of rotatable bonds is 6. The van der Waals surface area contributed by atoms with Crippen LogP contribution >= 0.6 is 11.6 Å². The smallest absolute Gasteiger partial charge is 0.226 e. The van der Waals surface area contributed by atoms with E-state index in [1.165, 1.54) is 0 Å². The Kier molecular flexibility index (Phi) is 7.52. The number of ether oxygens (including phenoxy) is 1. The van der Waals surface area contributed by atoms with Crippen molar-refractivity contribution >= 4 is 29.2 Å². The van der Waals surface area contributed by atoms with Gasteiger partial charge in [0.25, 0.3) is 0 Å². The minimum Gasteiger partial charge on any atom is -0.384 e. The number of aryl methyl sites for hydroxylation is 1. The van der Waals surface area contributed by atoms with Crippen LogP contribution in [-0.4, -0.2) is 57.2 Å². The maximum Gasteiger partial charge on any atom is 0.226 e. The van der Waals surface area contributed by atoms with Crippen LogP contribution < -0.4 is 10.6 Å². The Labute approximate surface area is 154 Å². The minimum atomic E-state index is -0.0765. The van der Waals surface area contributed by atoms with E-state index < -0.39 is 0 Å². The zero-order valence-corrected chi connectivity index (χ0v) is 15.9. The Morgan fingerprint density at radius 3 is 2.96 bits per heavy atom. The van der Waals surface area contributed by atoms with E-state index in [-0.39, 0.29) is 5.91 Å². The van der Waals surface area contributed by atoms with E-state index in [1.807, 2.05) is 25.1 Å². The van der Waals surface area contributed by atoms with Crippen molar-refractivity contribution in [1.82, 2.24) is 10.2 Å². The predicted molar refractivity (Wildman–Crippen MR) is 102 cm³/mol. The Hall–Kier alpha value is -1.79. The molecule has 1 fully saturated rings. The fourth-order valence-electron chi connectivity index (χ4n) is 2.95. The van der Waals surface area contributed by atoms with Gasteiger partial charge in [0, 0.05) is 46.1 Å². The van der Waals surface area contributed by atoms with Gasteiger partial charge in [-0.3, -0.25) is 9.79 Å². The van der Waals surface area contributed by atoms with Gasteiger partial charge < -0.3 is 20.3 Å². The van der Waals surface area contributed by atoms with E-state index >= 15 is 0 Å². The van der Waals surface area contributed by atoms with Crippen LogP contribution in [0.2, 0.25) is 5.02 Å². The molecule has 1 saturated heterocycles. The van der Waals surface area contributed by atoms with E-state index in [0.717, 1.165) is 37.6 Å². The molecule has 0 saturated carbocycles. The van der Waals surface area contributed by atoms with Gasteiger partial charge in [-0.15, -0.1) is 0 Å². The first-order valence-corrected chi connectivity index (χ1v) is 8.91. The van der Waals surface area contributed by atoms with E-state index in [9.17, 15) is 4.79 Å². The van der Waals surface area contributed by atoms with Gasteiger partial charge in [0.15, 0.2) is 5.96 Å². The normalized spacial score (nSPS) is 17.7. The number of methoxy groups -OCH3 is 1. The van der Waals surface area contributed by atoms with Crippen molar-refractivity contribution in [1.29, 1.82) is 0 Å². The summed E-state index contributed by atoms with van der Waals surface area (Å²) in [4.78, 5) is 18.6. The predicted octanol–water partition coefficient (Wildman–Crippen LogP) is 2.52. The monoisotopic (exact) mass is 366 g/mol. The number of hydrogen-bond donors (Lipinski definition) is 2. The molecule has 0 aliphatic carbocycles. The van der Waals surface area contributed by atoms with Crippen LogP contribution in [0.15, 0.2) is 23.2 Å². The van der Waals surface area contributed by atoms with Gasteiger partial charge in [0.2, 0.25) is 5.91 Å². The number of guanidine groups is 1. The lowest BCUT2D eigenvalue weighted by molar-refractivity contribution is -0.116. The quantitative estimate of drug-likeness (QED) is 0.599. The SMILES string of the molecule is CN=C(NCCC(=O)Nc1ccc(C)cc1Cl)N1CCC(COC)C1. The summed E-state index contributed by atoms with van der Waals surface area (Å²) in [6.07, 6.45) is 1.44. The Morgan fingerprint density at radius 1 is 1.48 bits per heavy atom. The Balaban J connectivity index is 1.76. The van der Waals surface area contributed by atoms with Crippen LogP contribution in [0, 0.1) is 12.8 Å². The summed E-state index contributed by atoms with van der Waals surface area (Å²) in [7, 11) is 3.49. The van der Waals surface area contributed by atoms with Crippen LogP contribution in [0.4, 0.5) is 5.69 Å². The number of hydrogen-bond acceptors (Lipinski definition) is 3. The second-order valence-electron chi connectivity index (χ2n) is 6.31. The number of halogens is 1. The lowest BCUT2D eigenvalue weighted by atomic mass is 10.1. The Morgan fingerprint density at radius 2 is 2.28 bits per heavy atom. The van der Waals surface area contributed by atoms with Gasteiger partial charge in [0.05, 0.1) is 17.3 Å². The van der Waals surface area contributed by atoms with E-state index in [0.29, 0.717) is 29.6 Å². The molecule has 1 amide bonds. The molecule has 6 nitrogen and oxygen atoms in total. The molecule has 2 rings (SSSR count). The highest BCUT2D eigenvalue weighted by molar-refractivity contribution is 6.33. The van der Waals surface area contributed by atoms with Crippen molar-refractivity contribution in [2.45, 2.75) is 19.8 Å². The summed E-state index contributed by atoms with van der Waals surface area (Å²) >= 11 is 6.14. The first kappa shape index (κ1) is 19.5. The van der Waals surface area contributed by atoms with E-state index in [1.54, 1.807) is 14.2 Å². The average molecular weight is 367 g/mol. The zero-order chi connectivity index (χ0) is 18.2. The lowest BCUT2D eigenvalue weighted by Crippen LogP contribution is -2.41. The molecule has 1 aliphatic rings. The number of carbonyl (C=O) groups excluding carboxylic acids is 1. The van der Waals surface area contributed by atoms with Crippen molar-refractivity contribution in [2.24, 2.45) is 10.9 Å². The zero-order valence-electron chi connectivity index (χ0n) is 15.1. The first-order chi connectivity index (χ1) is 12.0. The summed E-state index contributed by atoms with van der Waals surface area (Å²) in [6.45, 7) is 5.14. The van der Waals surface area contributed by atoms with Crippen LogP contribution in [0.5, 0.6) is 0 Å². The van der Waals surface area contributed by atoms with Crippen LogP contribution in [-0.2, 0) is 9.53 Å². The van der Waals surface area contributed by atoms with Crippen LogP contribution in [0.25, 0.3) is 0 Å². The standard InChI is InChI=1S/C18H27ClN4O2/c1-13-4-5-16(15(19)10-13)22-17(24)6-8-21-18(20-2)23-9-7-14(11-23)12-25-3/h4-5,10,14H,6-9,11-12H2,1-3H3,(H,20,21)(H,22,24). The van der Waals surface area contributed by atoms with Crippen LogP contribution in [0.1, 0.15) is 18.4 Å². The van der Waals surface area contributed by atoms with Gasteiger partial charge in [-0.05, 0) is 31.0 Å². The molecule has 1 aromatic rings. The summed E-state index contributed by atoms with van der Waals surface area (Å²) in [5, 5.41) is 6.65. The molecule has 1 heterocycles. The maximum absolute atomic E-state index is 12.1. The van der Waals surface area contributed by atoms with E-state index in [4.69, 9.17) is 16.3 Å². The second-order valence-corrected chi connectivity index (χ2v) is 6.72. The lowest BCUT2D eigenvalue weighted by Gasteiger charge is -2.21. The summed E-state index contributed by atoms with van der Waals surface area (Å²) in [6, 6.07) is 5.58. The molecular weight excluding hydrogens is 340 g/mol. The highest BCUT2D eigenvalue weighted by atomic mass is 35.5.